The number of fused-ring (bicyclic) bond motifs is 3. The monoisotopic (exact) mass is 421 g/mol. The Morgan fingerprint density at radius 1 is 0.969 bits per heavy atom. The van der Waals surface area contributed by atoms with Crippen LogP contribution in [0.25, 0.3) is 16.9 Å². The molecule has 0 amide bonds. The van der Waals surface area contributed by atoms with Crippen LogP contribution < -0.4 is 4.90 Å². The molecule has 5 nitrogen and oxygen atoms in total. The van der Waals surface area contributed by atoms with E-state index in [1.54, 1.807) is 0 Å². The van der Waals surface area contributed by atoms with Crippen LogP contribution in [-0.2, 0) is 19.3 Å². The Morgan fingerprint density at radius 3 is 2.53 bits per heavy atom. The van der Waals surface area contributed by atoms with Gasteiger partial charge in [0.1, 0.15) is 17.9 Å². The van der Waals surface area contributed by atoms with E-state index in [0.717, 1.165) is 64.6 Å². The van der Waals surface area contributed by atoms with Gasteiger partial charge in [-0.3, -0.25) is 4.57 Å². The number of nitriles is 1. The van der Waals surface area contributed by atoms with Crippen LogP contribution in [0.15, 0.2) is 42.5 Å². The molecule has 160 valence electrons. The molecule has 4 aromatic rings. The molecule has 2 aromatic heterocycles. The van der Waals surface area contributed by atoms with Crippen molar-refractivity contribution in [2.24, 2.45) is 0 Å². The summed E-state index contributed by atoms with van der Waals surface area (Å²) in [5.74, 6) is 1.02. The highest BCUT2D eigenvalue weighted by Gasteiger charge is 2.24. The molecule has 0 aliphatic carbocycles. The number of hydrogen-bond donors (Lipinski definition) is 0. The molecule has 3 heterocycles. The highest BCUT2D eigenvalue weighted by atomic mass is 15.2. The lowest BCUT2D eigenvalue weighted by atomic mass is 9.98. The molecule has 5 heteroatoms. The lowest BCUT2D eigenvalue weighted by Crippen LogP contribution is -2.19. The number of anilines is 2. The summed E-state index contributed by atoms with van der Waals surface area (Å²) in [7, 11) is 0. The van der Waals surface area contributed by atoms with Crippen LogP contribution in [0.2, 0.25) is 0 Å². The van der Waals surface area contributed by atoms with Crippen molar-refractivity contribution in [3.63, 3.8) is 0 Å². The van der Waals surface area contributed by atoms with Gasteiger partial charge in [0.15, 0.2) is 5.65 Å². The van der Waals surface area contributed by atoms with E-state index in [4.69, 9.17) is 9.97 Å². The third-order valence-electron chi connectivity index (χ3n) is 6.55. The SMILES string of the molecule is CCc1nc2c(C)cc(C)nc2n1-c1ccc2c(c1C)CCc1ccccc1N2CC#N. The van der Waals surface area contributed by atoms with E-state index in [-0.39, 0.29) is 0 Å². The second kappa shape index (κ2) is 7.80. The van der Waals surface area contributed by atoms with Crippen molar-refractivity contribution in [1.82, 2.24) is 14.5 Å². The predicted molar refractivity (Wildman–Crippen MR) is 129 cm³/mol. The second-order valence-electron chi connectivity index (χ2n) is 8.55. The summed E-state index contributed by atoms with van der Waals surface area (Å²) < 4.78 is 2.23. The maximum Gasteiger partial charge on any atom is 0.165 e. The summed E-state index contributed by atoms with van der Waals surface area (Å²) in [5.41, 5.74) is 11.3. The summed E-state index contributed by atoms with van der Waals surface area (Å²) in [6.07, 6.45) is 2.72. The van der Waals surface area contributed by atoms with Crippen LogP contribution in [0.3, 0.4) is 0 Å². The Labute approximate surface area is 189 Å². The van der Waals surface area contributed by atoms with E-state index in [0.29, 0.717) is 6.54 Å². The lowest BCUT2D eigenvalue weighted by Gasteiger charge is -2.26. The highest BCUT2D eigenvalue weighted by molar-refractivity contribution is 5.80. The average Bonchev–Trinajstić information content (AvgIpc) is 3.07. The van der Waals surface area contributed by atoms with E-state index in [2.05, 4.69) is 78.8 Å². The third kappa shape index (κ3) is 3.06. The molecule has 0 unspecified atom stereocenters. The normalized spacial score (nSPS) is 12.9. The number of nitrogens with zero attached hydrogens (tertiary/aromatic N) is 5. The van der Waals surface area contributed by atoms with Gasteiger partial charge in [-0.1, -0.05) is 25.1 Å². The van der Waals surface area contributed by atoms with Crippen molar-refractivity contribution >= 4 is 22.5 Å². The Hall–Kier alpha value is -3.65. The molecule has 0 radical (unpaired) electrons. The van der Waals surface area contributed by atoms with Gasteiger partial charge in [-0.2, -0.15) is 5.26 Å². The molecular formula is C27H27N5. The van der Waals surface area contributed by atoms with Gasteiger partial charge in [0.05, 0.1) is 11.8 Å². The summed E-state index contributed by atoms with van der Waals surface area (Å²) in [5, 5.41) is 9.56. The minimum Gasteiger partial charge on any atom is -0.327 e. The molecule has 5 rings (SSSR count). The highest BCUT2D eigenvalue weighted by Crippen LogP contribution is 2.39. The van der Waals surface area contributed by atoms with Crippen molar-refractivity contribution in [3.05, 3.63) is 76.2 Å². The Morgan fingerprint density at radius 2 is 1.75 bits per heavy atom. The zero-order valence-corrected chi connectivity index (χ0v) is 19.1. The molecule has 1 aliphatic heterocycles. The van der Waals surface area contributed by atoms with Gasteiger partial charge in [-0.25, -0.2) is 9.97 Å². The lowest BCUT2D eigenvalue weighted by molar-refractivity contribution is 0.886. The largest absolute Gasteiger partial charge is 0.327 e. The quantitative estimate of drug-likeness (QED) is 0.400. The number of hydrogen-bond acceptors (Lipinski definition) is 4. The zero-order chi connectivity index (χ0) is 22.4. The van der Waals surface area contributed by atoms with E-state index in [9.17, 15) is 5.26 Å². The van der Waals surface area contributed by atoms with Crippen molar-refractivity contribution in [3.8, 4) is 11.8 Å². The van der Waals surface area contributed by atoms with Gasteiger partial charge in [-0.05, 0) is 80.1 Å². The molecule has 0 saturated heterocycles. The molecule has 0 atom stereocenters. The van der Waals surface area contributed by atoms with Crippen LogP contribution in [0.5, 0.6) is 0 Å². The van der Waals surface area contributed by atoms with Gasteiger partial charge in [0, 0.05) is 23.5 Å². The number of para-hydroxylation sites is 1. The fraction of sp³-hybridized carbons (Fsp3) is 0.296. The van der Waals surface area contributed by atoms with Crippen molar-refractivity contribution < 1.29 is 0 Å². The number of rotatable bonds is 3. The molecule has 1 aliphatic rings. The topological polar surface area (TPSA) is 57.7 Å². The van der Waals surface area contributed by atoms with Gasteiger partial charge in [-0.15, -0.1) is 0 Å². The van der Waals surface area contributed by atoms with Gasteiger partial charge >= 0.3 is 0 Å². The minimum atomic E-state index is 0.330. The first-order chi connectivity index (χ1) is 15.5. The molecular weight excluding hydrogens is 394 g/mol. The first kappa shape index (κ1) is 20.3. The fourth-order valence-electron chi connectivity index (χ4n) is 5.05. The molecule has 0 fully saturated rings. The minimum absolute atomic E-state index is 0.330. The standard InChI is InChI=1S/C27H27N5/c1-5-25-30-26-17(2)16-18(3)29-27(26)32(25)22-12-13-24-21(19(22)4)11-10-20-8-6-7-9-23(20)31(24)15-14-28/h6-9,12-13,16H,5,10-11,15H2,1-4H3. The maximum absolute atomic E-state index is 9.56. The van der Waals surface area contributed by atoms with Crippen molar-refractivity contribution in [2.75, 3.05) is 11.4 Å². The molecule has 0 N–H and O–H groups in total. The van der Waals surface area contributed by atoms with Crippen LogP contribution in [0, 0.1) is 32.1 Å². The fourth-order valence-corrected chi connectivity index (χ4v) is 5.05. The number of pyridine rings is 1. The van der Waals surface area contributed by atoms with E-state index >= 15 is 0 Å². The van der Waals surface area contributed by atoms with E-state index in [1.807, 2.05) is 6.92 Å². The molecule has 32 heavy (non-hydrogen) atoms. The van der Waals surface area contributed by atoms with Gasteiger partial charge < -0.3 is 4.90 Å². The van der Waals surface area contributed by atoms with Crippen LogP contribution >= 0.6 is 0 Å². The molecule has 0 bridgehead atoms. The third-order valence-corrected chi connectivity index (χ3v) is 6.55. The van der Waals surface area contributed by atoms with Crippen molar-refractivity contribution in [2.45, 2.75) is 47.0 Å². The summed E-state index contributed by atoms with van der Waals surface area (Å²) in [4.78, 5) is 12.0. The van der Waals surface area contributed by atoms with Crippen LogP contribution in [0.1, 0.15) is 40.7 Å². The van der Waals surface area contributed by atoms with Gasteiger partial charge in [0.2, 0.25) is 0 Å². The smallest absolute Gasteiger partial charge is 0.165 e. The Balaban J connectivity index is 1.75. The number of imidazole rings is 1. The Bertz CT molecular complexity index is 1390. The first-order valence-electron chi connectivity index (χ1n) is 11.2. The molecule has 0 spiro atoms. The number of aromatic nitrogens is 3. The average molecular weight is 422 g/mol. The van der Waals surface area contributed by atoms with Crippen molar-refractivity contribution in [1.29, 1.82) is 5.26 Å². The zero-order valence-electron chi connectivity index (χ0n) is 19.1. The number of aryl methyl sites for hydroxylation is 4. The van der Waals surface area contributed by atoms with Crippen LogP contribution in [0.4, 0.5) is 11.4 Å². The van der Waals surface area contributed by atoms with E-state index in [1.165, 1.54) is 16.7 Å². The Kier molecular flexibility index (Phi) is 4.94. The maximum atomic E-state index is 9.56. The first-order valence-corrected chi connectivity index (χ1v) is 11.2. The molecule has 2 aromatic carbocycles. The number of benzene rings is 2. The predicted octanol–water partition coefficient (Wildman–Crippen LogP) is 5.67. The van der Waals surface area contributed by atoms with Crippen LogP contribution in [-0.4, -0.2) is 21.1 Å². The second-order valence-corrected chi connectivity index (χ2v) is 8.55. The van der Waals surface area contributed by atoms with E-state index < -0.39 is 0 Å². The molecule has 0 saturated carbocycles. The van der Waals surface area contributed by atoms with Gasteiger partial charge in [0.25, 0.3) is 0 Å². The summed E-state index contributed by atoms with van der Waals surface area (Å²) in [6.45, 7) is 8.81. The summed E-state index contributed by atoms with van der Waals surface area (Å²) in [6, 6.07) is 17.2. The summed E-state index contributed by atoms with van der Waals surface area (Å²) >= 11 is 0.